The van der Waals surface area contributed by atoms with Crippen molar-refractivity contribution in [2.45, 2.75) is 51.5 Å². The van der Waals surface area contributed by atoms with E-state index in [9.17, 15) is 0 Å². The van der Waals surface area contributed by atoms with Crippen LogP contribution in [0.2, 0.25) is 0 Å². The van der Waals surface area contributed by atoms with Crippen LogP contribution in [0.15, 0.2) is 18.2 Å². The molecule has 1 aromatic rings. The van der Waals surface area contributed by atoms with Gasteiger partial charge < -0.3 is 11.1 Å². The lowest BCUT2D eigenvalue weighted by atomic mass is 9.83. The van der Waals surface area contributed by atoms with Gasteiger partial charge in [-0.1, -0.05) is 26.2 Å². The van der Waals surface area contributed by atoms with E-state index in [1.165, 1.54) is 47.8 Å². The first-order valence-corrected chi connectivity index (χ1v) is 8.10. The summed E-state index contributed by atoms with van der Waals surface area (Å²) in [6.45, 7) is 2.29. The molecule has 1 saturated carbocycles. The Balaban J connectivity index is 2.04. The van der Waals surface area contributed by atoms with E-state index in [0.29, 0.717) is 6.04 Å². The lowest BCUT2D eigenvalue weighted by Crippen LogP contribution is -2.30. The van der Waals surface area contributed by atoms with Crippen LogP contribution in [0.5, 0.6) is 0 Å². The highest BCUT2D eigenvalue weighted by atomic mass is 127. The number of rotatable bonds is 4. The quantitative estimate of drug-likeness (QED) is 0.608. The average Bonchev–Trinajstić information content (AvgIpc) is 2.39. The minimum atomic E-state index is 0.613. The van der Waals surface area contributed by atoms with Crippen LogP contribution < -0.4 is 11.1 Å². The summed E-state index contributed by atoms with van der Waals surface area (Å²) < 4.78 is 1.22. The average molecular weight is 358 g/mol. The van der Waals surface area contributed by atoms with E-state index >= 15 is 0 Å². The molecule has 0 aliphatic heterocycles. The third-order valence-corrected chi connectivity index (χ3v) is 4.89. The van der Waals surface area contributed by atoms with Crippen molar-refractivity contribution in [1.82, 2.24) is 0 Å². The molecule has 18 heavy (non-hydrogen) atoms. The molecule has 1 fully saturated rings. The third-order valence-electron chi connectivity index (χ3n) is 3.99. The smallest absolute Gasteiger partial charge is 0.0479 e. The number of nitrogens with one attached hydrogen (secondary N) is 1. The van der Waals surface area contributed by atoms with Crippen molar-refractivity contribution in [2.24, 2.45) is 5.92 Å². The molecule has 0 amide bonds. The van der Waals surface area contributed by atoms with Crippen LogP contribution in [0.1, 0.15) is 45.4 Å². The highest BCUT2D eigenvalue weighted by molar-refractivity contribution is 14.1. The third kappa shape index (κ3) is 3.53. The molecule has 3 N–H and O–H groups in total. The summed E-state index contributed by atoms with van der Waals surface area (Å²) in [4.78, 5) is 0. The van der Waals surface area contributed by atoms with Crippen molar-refractivity contribution >= 4 is 34.0 Å². The Bertz CT molecular complexity index is 386. The summed E-state index contributed by atoms with van der Waals surface area (Å²) in [6, 6.07) is 6.75. The predicted molar refractivity (Wildman–Crippen MR) is 87.8 cm³/mol. The van der Waals surface area contributed by atoms with Crippen molar-refractivity contribution in [2.75, 3.05) is 11.1 Å². The molecule has 1 unspecified atom stereocenters. The second kappa shape index (κ2) is 6.64. The number of hydrogen-bond donors (Lipinski definition) is 2. The second-order valence-corrected chi connectivity index (χ2v) is 6.46. The highest BCUT2D eigenvalue weighted by Gasteiger charge is 2.22. The van der Waals surface area contributed by atoms with Crippen LogP contribution in [0.3, 0.4) is 0 Å². The molecule has 3 heteroatoms. The molecule has 0 bridgehead atoms. The highest BCUT2D eigenvalue weighted by Crippen LogP contribution is 2.31. The fourth-order valence-corrected chi connectivity index (χ4v) is 3.63. The minimum Gasteiger partial charge on any atom is -0.399 e. The van der Waals surface area contributed by atoms with Gasteiger partial charge in [0.2, 0.25) is 0 Å². The summed E-state index contributed by atoms with van der Waals surface area (Å²) in [5.41, 5.74) is 7.88. The van der Waals surface area contributed by atoms with Crippen LogP contribution in [0.4, 0.5) is 11.4 Å². The van der Waals surface area contributed by atoms with Crippen molar-refractivity contribution in [3.8, 4) is 0 Å². The van der Waals surface area contributed by atoms with Gasteiger partial charge in [-0.25, -0.2) is 0 Å². The van der Waals surface area contributed by atoms with Gasteiger partial charge in [0.15, 0.2) is 0 Å². The largest absolute Gasteiger partial charge is 0.399 e. The summed E-state index contributed by atoms with van der Waals surface area (Å²) in [5, 5.41) is 3.73. The van der Waals surface area contributed by atoms with Gasteiger partial charge >= 0.3 is 0 Å². The zero-order chi connectivity index (χ0) is 13.0. The molecular formula is C15H23IN2. The zero-order valence-corrected chi connectivity index (χ0v) is 13.2. The lowest BCUT2D eigenvalue weighted by Gasteiger charge is -2.31. The molecule has 1 aromatic carbocycles. The Kier molecular flexibility index (Phi) is 5.15. The molecule has 0 spiro atoms. The van der Waals surface area contributed by atoms with Crippen molar-refractivity contribution < 1.29 is 0 Å². The summed E-state index contributed by atoms with van der Waals surface area (Å²) >= 11 is 2.36. The predicted octanol–water partition coefficient (Wildman–Crippen LogP) is 4.64. The van der Waals surface area contributed by atoms with Gasteiger partial charge in [0.1, 0.15) is 0 Å². The van der Waals surface area contributed by atoms with Gasteiger partial charge in [-0.05, 0) is 66.0 Å². The van der Waals surface area contributed by atoms with E-state index in [4.69, 9.17) is 5.73 Å². The van der Waals surface area contributed by atoms with E-state index in [-0.39, 0.29) is 0 Å². The first-order chi connectivity index (χ1) is 8.70. The van der Waals surface area contributed by atoms with Gasteiger partial charge in [-0.3, -0.25) is 0 Å². The monoisotopic (exact) mass is 358 g/mol. The minimum absolute atomic E-state index is 0.613. The van der Waals surface area contributed by atoms with Gasteiger partial charge in [-0.15, -0.1) is 0 Å². The molecule has 100 valence electrons. The molecule has 0 aromatic heterocycles. The molecule has 0 heterocycles. The molecular weight excluding hydrogens is 335 g/mol. The summed E-state index contributed by atoms with van der Waals surface area (Å²) in [6.07, 6.45) is 8.20. The van der Waals surface area contributed by atoms with Crippen molar-refractivity contribution in [3.05, 3.63) is 21.8 Å². The fraction of sp³-hybridized carbons (Fsp3) is 0.600. The first kappa shape index (κ1) is 14.0. The lowest BCUT2D eigenvalue weighted by molar-refractivity contribution is 0.313. The normalized spacial score (nSPS) is 18.6. The van der Waals surface area contributed by atoms with Crippen LogP contribution in [-0.4, -0.2) is 6.04 Å². The number of nitrogen functional groups attached to an aromatic ring is 1. The van der Waals surface area contributed by atoms with Crippen LogP contribution in [0, 0.1) is 9.49 Å². The Labute approximate surface area is 124 Å². The van der Waals surface area contributed by atoms with Crippen molar-refractivity contribution in [3.63, 3.8) is 0 Å². The van der Waals surface area contributed by atoms with Gasteiger partial charge in [0.25, 0.3) is 0 Å². The zero-order valence-electron chi connectivity index (χ0n) is 11.1. The SMILES string of the molecule is CCC(Nc1ccc(N)cc1I)C1CCCCC1. The molecule has 1 atom stereocenters. The summed E-state index contributed by atoms with van der Waals surface area (Å²) in [5.74, 6) is 0.845. The Hall–Kier alpha value is -0.450. The Morgan fingerprint density at radius 2 is 2.06 bits per heavy atom. The number of nitrogens with two attached hydrogens (primary N) is 1. The molecule has 1 aliphatic rings. The molecule has 2 rings (SSSR count). The topological polar surface area (TPSA) is 38.0 Å². The van der Waals surface area contributed by atoms with E-state index in [1.807, 2.05) is 12.1 Å². The van der Waals surface area contributed by atoms with Crippen LogP contribution in [0.25, 0.3) is 0 Å². The second-order valence-electron chi connectivity index (χ2n) is 5.30. The van der Waals surface area contributed by atoms with Crippen LogP contribution in [-0.2, 0) is 0 Å². The standard InChI is InChI=1S/C15H23IN2/c1-2-14(11-6-4-3-5-7-11)18-15-9-8-12(17)10-13(15)16/h8-11,14,18H,2-7,17H2,1H3. The van der Waals surface area contributed by atoms with Gasteiger partial charge in [-0.2, -0.15) is 0 Å². The maximum atomic E-state index is 5.80. The van der Waals surface area contributed by atoms with Crippen molar-refractivity contribution in [1.29, 1.82) is 0 Å². The molecule has 0 saturated heterocycles. The van der Waals surface area contributed by atoms with Gasteiger partial charge in [0, 0.05) is 21.0 Å². The first-order valence-electron chi connectivity index (χ1n) is 7.02. The molecule has 0 radical (unpaired) electrons. The van der Waals surface area contributed by atoms with E-state index in [2.05, 4.69) is 40.9 Å². The van der Waals surface area contributed by atoms with Gasteiger partial charge in [0.05, 0.1) is 0 Å². The van der Waals surface area contributed by atoms with E-state index < -0.39 is 0 Å². The fourth-order valence-electron chi connectivity index (χ4n) is 2.94. The number of benzene rings is 1. The van der Waals surface area contributed by atoms with Crippen LogP contribution >= 0.6 is 22.6 Å². The molecule has 1 aliphatic carbocycles. The molecule has 2 nitrogen and oxygen atoms in total. The Morgan fingerprint density at radius 1 is 1.33 bits per heavy atom. The van der Waals surface area contributed by atoms with E-state index in [1.54, 1.807) is 0 Å². The maximum absolute atomic E-state index is 5.80. The number of anilines is 2. The van der Waals surface area contributed by atoms with E-state index in [0.717, 1.165) is 11.6 Å². The summed E-state index contributed by atoms with van der Waals surface area (Å²) in [7, 11) is 0. The maximum Gasteiger partial charge on any atom is 0.0479 e. The number of halogens is 1. The number of hydrogen-bond acceptors (Lipinski definition) is 2. The Morgan fingerprint density at radius 3 is 2.67 bits per heavy atom.